The maximum Gasteiger partial charge on any atom is 0.317 e. The molecule has 0 unspecified atom stereocenters. The van der Waals surface area contributed by atoms with Crippen molar-refractivity contribution in [2.45, 2.75) is 42.6 Å². The van der Waals surface area contributed by atoms with Gasteiger partial charge in [-0.1, -0.05) is 41.6 Å². The highest BCUT2D eigenvalue weighted by atomic mass is 32.2. The largest absolute Gasteiger partial charge is 0.480 e. The molecule has 0 aliphatic carbocycles. The first-order valence-corrected chi connectivity index (χ1v) is 9.81. The van der Waals surface area contributed by atoms with Crippen LogP contribution >= 0.6 is 11.8 Å². The van der Waals surface area contributed by atoms with Gasteiger partial charge in [0.2, 0.25) is 0 Å². The average molecular weight is 371 g/mol. The third-order valence-corrected chi connectivity index (χ3v) is 5.95. The topological polar surface area (TPSA) is 43.8 Å². The van der Waals surface area contributed by atoms with E-state index in [1.54, 1.807) is 11.8 Å². The monoisotopic (exact) mass is 370 g/mol. The molecule has 1 heterocycles. The fraction of sp³-hybridized carbons (Fsp3) is 0.381. The summed E-state index contributed by atoms with van der Waals surface area (Å²) in [6, 6.07) is 17.6. The van der Waals surface area contributed by atoms with Crippen LogP contribution in [0, 0.1) is 6.92 Å². The second kappa shape index (κ2) is 8.14. The van der Waals surface area contributed by atoms with E-state index in [0.717, 1.165) is 13.1 Å². The Bertz CT molecular complexity index is 763. The number of piperazine rings is 1. The van der Waals surface area contributed by atoms with Crippen molar-refractivity contribution in [1.82, 2.24) is 4.90 Å². The predicted molar refractivity (Wildman–Crippen MR) is 107 cm³/mol. The van der Waals surface area contributed by atoms with Crippen molar-refractivity contribution >= 4 is 23.4 Å². The van der Waals surface area contributed by atoms with Crippen LogP contribution in [-0.4, -0.2) is 47.7 Å². The summed E-state index contributed by atoms with van der Waals surface area (Å²) in [6.07, 6.45) is 0. The molecule has 1 aliphatic heterocycles. The smallest absolute Gasteiger partial charge is 0.317 e. The molecule has 0 aromatic heterocycles. The third-order valence-electron chi connectivity index (χ3n) is 4.88. The first kappa shape index (κ1) is 18.8. The molecule has 2 aromatic carbocycles. The Kier molecular flexibility index (Phi) is 5.89. The number of carbonyl (C=O) groups is 1. The second-order valence-electron chi connectivity index (χ2n) is 7.06. The Morgan fingerprint density at radius 3 is 2.46 bits per heavy atom. The lowest BCUT2D eigenvalue weighted by Gasteiger charge is -2.45. The molecule has 138 valence electrons. The van der Waals surface area contributed by atoms with E-state index >= 15 is 0 Å². The van der Waals surface area contributed by atoms with Gasteiger partial charge < -0.3 is 10.0 Å². The van der Waals surface area contributed by atoms with Crippen molar-refractivity contribution in [2.24, 2.45) is 0 Å². The van der Waals surface area contributed by atoms with Gasteiger partial charge in [0.05, 0.1) is 12.2 Å². The highest BCUT2D eigenvalue weighted by molar-refractivity contribution is 7.99. The van der Waals surface area contributed by atoms with Gasteiger partial charge in [0.25, 0.3) is 0 Å². The molecule has 26 heavy (non-hydrogen) atoms. The maximum atomic E-state index is 11.1. The Hall–Kier alpha value is -1.98. The van der Waals surface area contributed by atoms with Crippen LogP contribution in [0.15, 0.2) is 58.3 Å². The molecule has 4 nitrogen and oxygen atoms in total. The van der Waals surface area contributed by atoms with E-state index < -0.39 is 5.97 Å². The number of anilines is 1. The summed E-state index contributed by atoms with van der Waals surface area (Å²) in [4.78, 5) is 18.0. The van der Waals surface area contributed by atoms with E-state index in [2.05, 4.69) is 79.1 Å². The minimum absolute atomic E-state index is 0.110. The number of nitrogens with zero attached hydrogens (tertiary/aromatic N) is 2. The van der Waals surface area contributed by atoms with Gasteiger partial charge in [0.15, 0.2) is 0 Å². The van der Waals surface area contributed by atoms with Crippen molar-refractivity contribution in [3.8, 4) is 0 Å². The van der Waals surface area contributed by atoms with Gasteiger partial charge in [0.1, 0.15) is 0 Å². The molecule has 2 atom stereocenters. The van der Waals surface area contributed by atoms with E-state index in [-0.39, 0.29) is 18.6 Å². The number of benzene rings is 2. The number of carboxylic acids is 1. The van der Waals surface area contributed by atoms with Gasteiger partial charge in [-0.25, -0.2) is 0 Å². The zero-order valence-corrected chi connectivity index (χ0v) is 16.4. The molecule has 1 fully saturated rings. The average Bonchev–Trinajstić information content (AvgIpc) is 2.60. The highest BCUT2D eigenvalue weighted by Crippen LogP contribution is 2.37. The Morgan fingerprint density at radius 1 is 1.08 bits per heavy atom. The molecule has 1 saturated heterocycles. The molecular weight excluding hydrogens is 344 g/mol. The van der Waals surface area contributed by atoms with Crippen LogP contribution in [0.4, 0.5) is 5.69 Å². The number of aliphatic carboxylic acids is 1. The summed E-state index contributed by atoms with van der Waals surface area (Å²) in [5, 5.41) is 9.12. The van der Waals surface area contributed by atoms with Crippen LogP contribution in [-0.2, 0) is 4.79 Å². The molecule has 0 radical (unpaired) electrons. The van der Waals surface area contributed by atoms with E-state index in [9.17, 15) is 4.79 Å². The SMILES string of the molecule is Cc1ccc(Sc2ccccc2N2C[C@@H](C)N(CC(=O)O)C[C@@H]2C)cc1. The fourth-order valence-corrected chi connectivity index (χ4v) is 4.40. The van der Waals surface area contributed by atoms with Gasteiger partial charge in [-0.2, -0.15) is 0 Å². The van der Waals surface area contributed by atoms with Gasteiger partial charge in [0, 0.05) is 35.0 Å². The lowest BCUT2D eigenvalue weighted by Crippen LogP contribution is -2.57. The standard InChI is InChI=1S/C21H26N2O2S/c1-15-8-10-18(11-9-15)26-20-7-5-4-6-19(20)23-13-16(2)22(12-17(23)3)14-21(24)25/h4-11,16-17H,12-14H2,1-3H3,(H,24,25)/t16-,17+/m1/s1. The summed E-state index contributed by atoms with van der Waals surface area (Å²) in [6.45, 7) is 8.09. The van der Waals surface area contributed by atoms with E-state index in [4.69, 9.17) is 5.11 Å². The fourth-order valence-electron chi connectivity index (χ4n) is 3.44. The number of hydrogen-bond donors (Lipinski definition) is 1. The first-order valence-electron chi connectivity index (χ1n) is 9.00. The first-order chi connectivity index (χ1) is 12.4. The zero-order chi connectivity index (χ0) is 18.7. The summed E-state index contributed by atoms with van der Waals surface area (Å²) in [5.41, 5.74) is 2.49. The molecule has 1 N–H and O–H groups in total. The summed E-state index contributed by atoms with van der Waals surface area (Å²) >= 11 is 1.78. The quantitative estimate of drug-likeness (QED) is 0.857. The van der Waals surface area contributed by atoms with Gasteiger partial charge in [-0.15, -0.1) is 0 Å². The Morgan fingerprint density at radius 2 is 1.77 bits per heavy atom. The lowest BCUT2D eigenvalue weighted by molar-refractivity contribution is -0.139. The van der Waals surface area contributed by atoms with Crippen LogP contribution in [0.3, 0.4) is 0 Å². The highest BCUT2D eigenvalue weighted by Gasteiger charge is 2.31. The van der Waals surface area contributed by atoms with Crippen molar-refractivity contribution in [3.63, 3.8) is 0 Å². The molecule has 2 aromatic rings. The maximum absolute atomic E-state index is 11.1. The molecule has 3 rings (SSSR count). The van der Waals surface area contributed by atoms with Crippen LogP contribution < -0.4 is 4.90 Å². The van der Waals surface area contributed by atoms with E-state index in [1.165, 1.54) is 21.0 Å². The second-order valence-corrected chi connectivity index (χ2v) is 8.17. The summed E-state index contributed by atoms with van der Waals surface area (Å²) in [5.74, 6) is -0.757. The number of para-hydroxylation sites is 1. The third kappa shape index (κ3) is 4.40. The normalized spacial score (nSPS) is 21.0. The van der Waals surface area contributed by atoms with Crippen molar-refractivity contribution < 1.29 is 9.90 Å². The molecular formula is C21H26N2O2S. The van der Waals surface area contributed by atoms with Crippen LogP contribution in [0.1, 0.15) is 19.4 Å². The molecule has 1 aliphatic rings. The van der Waals surface area contributed by atoms with Crippen LogP contribution in [0.5, 0.6) is 0 Å². The minimum atomic E-state index is -0.757. The number of hydrogen-bond acceptors (Lipinski definition) is 4. The van der Waals surface area contributed by atoms with Gasteiger partial charge >= 0.3 is 5.97 Å². The van der Waals surface area contributed by atoms with Crippen molar-refractivity contribution in [1.29, 1.82) is 0 Å². The number of aryl methyl sites for hydroxylation is 1. The Balaban J connectivity index is 1.81. The van der Waals surface area contributed by atoms with Crippen LogP contribution in [0.2, 0.25) is 0 Å². The molecule has 0 saturated carbocycles. The molecule has 5 heteroatoms. The summed E-state index contributed by atoms with van der Waals surface area (Å²) < 4.78 is 0. The number of carboxylic acid groups (broad SMARTS) is 1. The van der Waals surface area contributed by atoms with Crippen molar-refractivity contribution in [2.75, 3.05) is 24.5 Å². The molecule has 0 spiro atoms. The predicted octanol–water partition coefficient (Wildman–Crippen LogP) is 4.13. The van der Waals surface area contributed by atoms with Crippen LogP contribution in [0.25, 0.3) is 0 Å². The molecule has 0 amide bonds. The lowest BCUT2D eigenvalue weighted by atomic mass is 10.1. The van der Waals surface area contributed by atoms with Crippen molar-refractivity contribution in [3.05, 3.63) is 54.1 Å². The van der Waals surface area contributed by atoms with E-state index in [1.807, 2.05) is 0 Å². The zero-order valence-electron chi connectivity index (χ0n) is 15.6. The van der Waals surface area contributed by atoms with Gasteiger partial charge in [-0.05, 0) is 45.0 Å². The summed E-state index contributed by atoms with van der Waals surface area (Å²) in [7, 11) is 0. The number of rotatable bonds is 5. The molecule has 0 bridgehead atoms. The van der Waals surface area contributed by atoms with E-state index in [0.29, 0.717) is 0 Å². The van der Waals surface area contributed by atoms with Gasteiger partial charge in [-0.3, -0.25) is 9.69 Å². The Labute approximate surface area is 159 Å². The minimum Gasteiger partial charge on any atom is -0.480 e.